The predicted octanol–water partition coefficient (Wildman–Crippen LogP) is 11.0. The van der Waals surface area contributed by atoms with Gasteiger partial charge in [-0.15, -0.1) is 0 Å². The number of nitrogens with zero attached hydrogens (tertiary/aromatic N) is 3. The summed E-state index contributed by atoms with van der Waals surface area (Å²) in [4.78, 5) is 0. The van der Waals surface area contributed by atoms with Crippen LogP contribution >= 0.6 is 0 Å². The fourth-order valence-corrected chi connectivity index (χ4v) is 5.79. The Labute approximate surface area is 297 Å². The number of aromatic nitrogens is 3. The molecule has 0 aliphatic carbocycles. The van der Waals surface area contributed by atoms with Gasteiger partial charge in [-0.2, -0.15) is 0 Å². The van der Waals surface area contributed by atoms with Crippen molar-refractivity contribution in [2.24, 2.45) is 0 Å². The molecule has 0 amide bonds. The summed E-state index contributed by atoms with van der Waals surface area (Å²) < 4.78 is 245. The van der Waals surface area contributed by atoms with Crippen LogP contribution in [-0.2, 0) is 0 Å². The zero-order valence-electron chi connectivity index (χ0n) is 49.3. The Morgan fingerprint density at radius 2 is 0.778 bits per heavy atom. The van der Waals surface area contributed by atoms with Crippen LogP contribution < -0.4 is 0 Å². The monoisotopic (exact) mass is 600 g/mol. The highest BCUT2D eigenvalue weighted by molar-refractivity contribution is 6.17. The zero-order chi connectivity index (χ0) is 53.0. The number of benzene rings is 7. The molecular weight excluding hydrogens is 546 g/mol. The lowest BCUT2D eigenvalue weighted by Gasteiger charge is -2.13. The molecule has 0 unspecified atom stereocenters. The molecule has 10 aromatic rings. The Bertz CT molecular complexity index is 4190. The first-order valence-corrected chi connectivity index (χ1v) is 13.3. The molecule has 0 aliphatic rings. The van der Waals surface area contributed by atoms with Crippen molar-refractivity contribution >= 4 is 65.4 Å². The van der Waals surface area contributed by atoms with E-state index in [2.05, 4.69) is 0 Å². The highest BCUT2D eigenvalue weighted by Gasteiger charge is 2.20. The Morgan fingerprint density at radius 1 is 0.311 bits per heavy atom. The predicted molar refractivity (Wildman–Crippen MR) is 189 cm³/mol. The zero-order valence-corrected chi connectivity index (χ0v) is 22.3. The second-order valence-corrected chi connectivity index (χ2v) is 9.77. The second-order valence-electron chi connectivity index (χ2n) is 9.77. The first-order chi connectivity index (χ1) is 33.6. The molecule has 0 saturated carbocycles. The van der Waals surface area contributed by atoms with Gasteiger partial charge in [-0.1, -0.05) is 103 Å². The van der Waals surface area contributed by atoms with Crippen molar-refractivity contribution in [1.82, 2.24) is 13.7 Å². The fraction of sp³-hybridized carbons (Fsp3) is 0. The van der Waals surface area contributed by atoms with E-state index in [1.54, 1.807) is 0 Å². The van der Waals surface area contributed by atoms with Crippen molar-refractivity contribution in [2.45, 2.75) is 0 Å². The first kappa shape index (κ1) is 9.98. The van der Waals surface area contributed by atoms with Gasteiger partial charge in [0, 0.05) is 43.7 Å². The van der Waals surface area contributed by atoms with Crippen molar-refractivity contribution in [3.05, 3.63) is 163 Å². The molecule has 10 rings (SSSR count). The van der Waals surface area contributed by atoms with E-state index in [0.717, 1.165) is 13.7 Å². The maximum atomic E-state index is 10.1. The van der Waals surface area contributed by atoms with Gasteiger partial charge in [0.05, 0.1) is 75.8 Å². The number of rotatable bonds is 3. The molecule has 0 spiro atoms. The lowest BCUT2D eigenvalue weighted by atomic mass is 10.1. The van der Waals surface area contributed by atoms with Crippen LogP contribution in [0, 0.1) is 0 Å². The van der Waals surface area contributed by atoms with Crippen LogP contribution in [0.1, 0.15) is 37.0 Å². The van der Waals surface area contributed by atoms with Gasteiger partial charge in [0.2, 0.25) is 0 Å². The molecule has 45 heavy (non-hydrogen) atoms. The Kier molecular flexibility index (Phi) is 2.04. The summed E-state index contributed by atoms with van der Waals surface area (Å²) >= 11 is 0. The Morgan fingerprint density at radius 3 is 1.42 bits per heavy atom. The molecule has 3 heterocycles. The summed E-state index contributed by atoms with van der Waals surface area (Å²) in [6, 6.07) is -24.5. The van der Waals surface area contributed by atoms with E-state index in [9.17, 15) is 13.7 Å². The van der Waals surface area contributed by atoms with E-state index in [4.69, 9.17) is 23.3 Å². The van der Waals surface area contributed by atoms with Crippen molar-refractivity contribution < 1.29 is 37.0 Å². The van der Waals surface area contributed by atoms with E-state index >= 15 is 0 Å². The van der Waals surface area contributed by atoms with E-state index in [0.29, 0.717) is 0 Å². The maximum Gasteiger partial charge on any atom is 0.0667 e. The number of hydrogen-bond acceptors (Lipinski definition) is 0. The smallest absolute Gasteiger partial charge is 0.0667 e. The van der Waals surface area contributed by atoms with Crippen LogP contribution in [0.15, 0.2) is 163 Å². The lowest BCUT2D eigenvalue weighted by Crippen LogP contribution is -1.98. The van der Waals surface area contributed by atoms with Gasteiger partial charge < -0.3 is 13.7 Å². The summed E-state index contributed by atoms with van der Waals surface area (Å²) in [5, 5.41) is -3.38. The van der Waals surface area contributed by atoms with E-state index in [1.807, 2.05) is 0 Å². The van der Waals surface area contributed by atoms with Crippen LogP contribution in [0.25, 0.3) is 82.5 Å². The molecule has 0 fully saturated rings. The molecule has 0 N–H and O–H groups in total. The maximum absolute atomic E-state index is 10.1. The highest BCUT2D eigenvalue weighted by atomic mass is 15.0. The van der Waals surface area contributed by atoms with Crippen molar-refractivity contribution in [2.75, 3.05) is 0 Å². The molecule has 7 aromatic carbocycles. The Balaban J connectivity index is 1.58. The third kappa shape index (κ3) is 3.35. The van der Waals surface area contributed by atoms with Gasteiger partial charge >= 0.3 is 0 Å². The first-order valence-electron chi connectivity index (χ1n) is 26.8. The summed E-state index contributed by atoms with van der Waals surface area (Å²) in [5.74, 6) is 0. The molecule has 3 nitrogen and oxygen atoms in total. The van der Waals surface area contributed by atoms with Crippen LogP contribution in [-0.4, -0.2) is 13.7 Å². The quantitative estimate of drug-likeness (QED) is 0.192. The number of para-hydroxylation sites is 5. The minimum Gasteiger partial charge on any atom is -0.309 e. The molecule has 0 bridgehead atoms. The molecule has 0 aliphatic heterocycles. The van der Waals surface area contributed by atoms with Crippen molar-refractivity contribution in [3.8, 4) is 17.1 Å². The van der Waals surface area contributed by atoms with Crippen LogP contribution in [0.3, 0.4) is 0 Å². The van der Waals surface area contributed by atoms with Gasteiger partial charge in [0.25, 0.3) is 0 Å². The summed E-state index contributed by atoms with van der Waals surface area (Å²) in [5.41, 5.74) is -6.29. The van der Waals surface area contributed by atoms with Gasteiger partial charge in [0.1, 0.15) is 0 Å². The SMILES string of the molecule is [2H]c1c([2H])c([2H])c(-n2c3c([2H])c([2H])c([2H])c([2H])c3c3c(-n4c5c([2H])c([2H])c([2H])c([2H])c5c5c([2H])c([2H])c(-n6c7c([2H])c([2H])c([2H])c([2H])c7c7c([2H])c([2H])c([2H])c([2H])c76)c([2H])c54)c([2H])c([2H])c([2H])c32)c([2H])c1[2H]. The van der Waals surface area contributed by atoms with E-state index in [-0.39, 0.29) is 0 Å². The van der Waals surface area contributed by atoms with Gasteiger partial charge in [-0.05, 0) is 60.4 Å². The standard InChI is InChI=1S/C42H27N3/c1-2-13-28(14-3-1)43-38-22-11-7-18-34(38)42-39(43)23-12-24-40(42)45-37-21-10-6-17-32(37)33-26-25-29(27-41(33)45)44-35-19-8-4-15-30(35)31-16-5-9-20-36(31)44/h1-27H/i1D,2D,3D,4D,5D,6D,7D,8D,9D,10D,11D,12D,13D,14D,15D,16D,17D,18D,19D,20D,21D,22D,23D,24D,25D,26D,27D. The topological polar surface area (TPSA) is 14.8 Å². The second kappa shape index (κ2) is 9.22. The molecule has 0 atom stereocenters. The van der Waals surface area contributed by atoms with Crippen LogP contribution in [0.4, 0.5) is 0 Å². The van der Waals surface area contributed by atoms with Crippen LogP contribution in [0.2, 0.25) is 0 Å². The molecule has 0 saturated heterocycles. The molecular formula is C42H27N3. The largest absolute Gasteiger partial charge is 0.309 e. The van der Waals surface area contributed by atoms with Crippen molar-refractivity contribution in [3.63, 3.8) is 0 Å². The fourth-order valence-electron chi connectivity index (χ4n) is 5.79. The minimum absolute atomic E-state index is 0.483. The van der Waals surface area contributed by atoms with E-state index in [1.165, 1.54) is 0 Å². The van der Waals surface area contributed by atoms with Gasteiger partial charge in [-0.25, -0.2) is 0 Å². The minimum atomic E-state index is -1.04. The normalized spacial score (nSPS) is 20.4. The summed E-state index contributed by atoms with van der Waals surface area (Å²) in [6.07, 6.45) is 0. The van der Waals surface area contributed by atoms with Gasteiger partial charge in [0.15, 0.2) is 0 Å². The Hall–Kier alpha value is -6.06. The number of hydrogen-bond donors (Lipinski definition) is 0. The summed E-state index contributed by atoms with van der Waals surface area (Å²) in [6.45, 7) is 0. The van der Waals surface area contributed by atoms with Crippen LogP contribution in [0.5, 0.6) is 0 Å². The highest BCUT2D eigenvalue weighted by Crippen LogP contribution is 2.41. The molecule has 3 aromatic heterocycles. The average Bonchev–Trinajstić information content (AvgIpc) is 4.01. The third-order valence-corrected chi connectivity index (χ3v) is 7.54. The summed E-state index contributed by atoms with van der Waals surface area (Å²) in [7, 11) is 0. The third-order valence-electron chi connectivity index (χ3n) is 7.54. The number of fused-ring (bicyclic) bond motifs is 9. The molecule has 3 heteroatoms. The molecule has 0 radical (unpaired) electrons. The van der Waals surface area contributed by atoms with Crippen molar-refractivity contribution in [1.29, 1.82) is 0 Å². The molecule has 210 valence electrons. The van der Waals surface area contributed by atoms with E-state index < -0.39 is 246 Å². The van der Waals surface area contributed by atoms with Gasteiger partial charge in [-0.3, -0.25) is 0 Å². The average molecular weight is 601 g/mol. The lowest BCUT2D eigenvalue weighted by molar-refractivity contribution is 1.16.